The molecule has 0 saturated carbocycles. The number of halogens is 1. The van der Waals surface area contributed by atoms with Crippen molar-refractivity contribution in [1.29, 1.82) is 0 Å². The summed E-state index contributed by atoms with van der Waals surface area (Å²) in [5.41, 5.74) is 0. The van der Waals surface area contributed by atoms with Crippen LogP contribution in [0.2, 0.25) is 0 Å². The van der Waals surface area contributed by atoms with Crippen molar-refractivity contribution in [3.8, 4) is 5.75 Å². The number of fused-ring (bicyclic) bond motifs is 1. The van der Waals surface area contributed by atoms with Gasteiger partial charge in [0.25, 0.3) is 0 Å². The molecule has 0 aromatic heterocycles. The van der Waals surface area contributed by atoms with Crippen molar-refractivity contribution in [2.45, 2.75) is 23.8 Å². The van der Waals surface area contributed by atoms with Gasteiger partial charge in [0.1, 0.15) is 5.75 Å². The van der Waals surface area contributed by atoms with Gasteiger partial charge >= 0.3 is 0 Å². The average Bonchev–Trinajstić information content (AvgIpc) is 2.92. The van der Waals surface area contributed by atoms with Crippen LogP contribution < -0.4 is 10.1 Å². The molecule has 1 N–H and O–H groups in total. The normalized spacial score (nSPS) is 26.6. The van der Waals surface area contributed by atoms with Gasteiger partial charge in [0.2, 0.25) is 10.0 Å². The third kappa shape index (κ3) is 2.84. The second kappa shape index (κ2) is 5.87. The van der Waals surface area contributed by atoms with E-state index in [4.69, 9.17) is 4.74 Å². The predicted molar refractivity (Wildman–Crippen MR) is 84.0 cm³/mol. The molecule has 1 aromatic carbocycles. The first-order valence-corrected chi connectivity index (χ1v) is 9.33. The SMILES string of the molecule is COc1ccc(S(=O)(=O)N2C[C@@H]3CCCN[C@@H]3C2)cc1Br. The minimum Gasteiger partial charge on any atom is -0.496 e. The van der Waals surface area contributed by atoms with Crippen LogP contribution in [0, 0.1) is 5.92 Å². The Balaban J connectivity index is 1.85. The van der Waals surface area contributed by atoms with Crippen LogP contribution in [0.5, 0.6) is 5.75 Å². The summed E-state index contributed by atoms with van der Waals surface area (Å²) >= 11 is 3.35. The van der Waals surface area contributed by atoms with Crippen LogP contribution >= 0.6 is 15.9 Å². The highest BCUT2D eigenvalue weighted by molar-refractivity contribution is 9.10. The van der Waals surface area contributed by atoms with Gasteiger partial charge in [0.15, 0.2) is 0 Å². The number of nitrogens with one attached hydrogen (secondary N) is 1. The second-order valence-corrected chi connectivity index (χ2v) is 8.37. The maximum atomic E-state index is 12.8. The van der Waals surface area contributed by atoms with Gasteiger partial charge in [-0.15, -0.1) is 0 Å². The van der Waals surface area contributed by atoms with Crippen LogP contribution in [-0.2, 0) is 10.0 Å². The van der Waals surface area contributed by atoms with Crippen molar-refractivity contribution >= 4 is 26.0 Å². The van der Waals surface area contributed by atoms with Gasteiger partial charge in [0.05, 0.1) is 16.5 Å². The Kier molecular flexibility index (Phi) is 4.27. The monoisotopic (exact) mass is 374 g/mol. The molecule has 0 bridgehead atoms. The molecule has 5 nitrogen and oxygen atoms in total. The van der Waals surface area contributed by atoms with Crippen molar-refractivity contribution in [2.75, 3.05) is 26.7 Å². The van der Waals surface area contributed by atoms with E-state index in [2.05, 4.69) is 21.2 Å². The second-order valence-electron chi connectivity index (χ2n) is 5.58. The lowest BCUT2D eigenvalue weighted by Crippen LogP contribution is -2.41. The number of hydrogen-bond donors (Lipinski definition) is 1. The lowest BCUT2D eigenvalue weighted by molar-refractivity contribution is 0.339. The molecule has 0 radical (unpaired) electrons. The van der Waals surface area contributed by atoms with Crippen LogP contribution in [0.15, 0.2) is 27.6 Å². The lowest BCUT2D eigenvalue weighted by Gasteiger charge is -2.24. The Morgan fingerprint density at radius 1 is 1.38 bits per heavy atom. The summed E-state index contributed by atoms with van der Waals surface area (Å²) in [5.74, 6) is 1.07. The molecular weight excluding hydrogens is 356 g/mol. The van der Waals surface area contributed by atoms with Crippen LogP contribution in [0.25, 0.3) is 0 Å². The summed E-state index contributed by atoms with van der Waals surface area (Å²) in [6, 6.07) is 5.20. The topological polar surface area (TPSA) is 58.6 Å². The molecule has 2 fully saturated rings. The zero-order valence-electron chi connectivity index (χ0n) is 11.9. The van der Waals surface area contributed by atoms with E-state index < -0.39 is 10.0 Å². The molecule has 0 amide bonds. The summed E-state index contributed by atoms with van der Waals surface area (Å²) in [6.07, 6.45) is 2.24. The minimum atomic E-state index is -3.44. The fourth-order valence-electron chi connectivity index (χ4n) is 3.16. The van der Waals surface area contributed by atoms with E-state index in [1.807, 2.05) is 0 Å². The van der Waals surface area contributed by atoms with Gasteiger partial charge in [-0.3, -0.25) is 0 Å². The first-order chi connectivity index (χ1) is 10.0. The highest BCUT2D eigenvalue weighted by Gasteiger charge is 2.40. The quantitative estimate of drug-likeness (QED) is 0.876. The Hall–Kier alpha value is -0.630. The first-order valence-electron chi connectivity index (χ1n) is 7.09. The van der Waals surface area contributed by atoms with Gasteiger partial charge in [-0.25, -0.2) is 8.42 Å². The summed E-state index contributed by atoms with van der Waals surface area (Å²) in [7, 11) is -1.88. The zero-order valence-corrected chi connectivity index (χ0v) is 14.3. The highest BCUT2D eigenvalue weighted by atomic mass is 79.9. The number of benzene rings is 1. The third-order valence-electron chi connectivity index (χ3n) is 4.33. The molecule has 7 heteroatoms. The molecule has 2 aliphatic rings. The van der Waals surface area contributed by atoms with Crippen molar-refractivity contribution in [3.63, 3.8) is 0 Å². The average molecular weight is 375 g/mol. The smallest absolute Gasteiger partial charge is 0.243 e. The molecule has 2 heterocycles. The summed E-state index contributed by atoms with van der Waals surface area (Å²) in [6.45, 7) is 2.17. The van der Waals surface area contributed by atoms with Crippen molar-refractivity contribution in [2.24, 2.45) is 5.92 Å². The molecule has 21 heavy (non-hydrogen) atoms. The summed E-state index contributed by atoms with van der Waals surface area (Å²) in [4.78, 5) is 0.314. The standard InChI is InChI=1S/C14H19BrN2O3S/c1-20-14-5-4-11(7-12(14)15)21(18,19)17-8-10-3-2-6-16-13(10)9-17/h4-5,7,10,13,16H,2-3,6,8-9H2,1H3/t10-,13+/m0/s1. The maximum absolute atomic E-state index is 12.8. The lowest BCUT2D eigenvalue weighted by atomic mass is 9.94. The van der Waals surface area contributed by atoms with Gasteiger partial charge in [-0.1, -0.05) is 0 Å². The first kappa shape index (κ1) is 15.3. The molecule has 0 aliphatic carbocycles. The van der Waals surface area contributed by atoms with Crippen molar-refractivity contribution < 1.29 is 13.2 Å². The molecule has 3 rings (SSSR count). The van der Waals surface area contributed by atoms with Crippen LogP contribution in [0.3, 0.4) is 0 Å². The van der Waals surface area contributed by atoms with E-state index in [0.717, 1.165) is 19.4 Å². The molecule has 0 unspecified atom stereocenters. The van der Waals surface area contributed by atoms with Gasteiger partial charge < -0.3 is 10.1 Å². The van der Waals surface area contributed by atoms with E-state index in [1.54, 1.807) is 29.6 Å². The molecule has 1 aromatic rings. The molecule has 2 aliphatic heterocycles. The number of rotatable bonds is 3. The fourth-order valence-corrected chi connectivity index (χ4v) is 5.40. The molecule has 2 saturated heterocycles. The molecule has 2 atom stereocenters. The number of piperidine rings is 1. The number of hydrogen-bond acceptors (Lipinski definition) is 4. The molecule has 116 valence electrons. The molecular formula is C14H19BrN2O3S. The Morgan fingerprint density at radius 2 is 2.19 bits per heavy atom. The Bertz CT molecular complexity index is 621. The number of sulfonamides is 1. The van der Waals surface area contributed by atoms with Crippen LogP contribution in [-0.4, -0.2) is 45.5 Å². The van der Waals surface area contributed by atoms with E-state index in [9.17, 15) is 8.42 Å². The van der Waals surface area contributed by atoms with Gasteiger partial charge in [-0.2, -0.15) is 4.31 Å². The fraction of sp³-hybridized carbons (Fsp3) is 0.571. The number of ether oxygens (including phenoxy) is 1. The van der Waals surface area contributed by atoms with Crippen molar-refractivity contribution in [3.05, 3.63) is 22.7 Å². The third-order valence-corrected chi connectivity index (χ3v) is 6.77. The largest absolute Gasteiger partial charge is 0.496 e. The van der Waals surface area contributed by atoms with E-state index >= 15 is 0 Å². The maximum Gasteiger partial charge on any atom is 0.243 e. The summed E-state index contributed by atoms with van der Waals surface area (Å²) in [5, 5.41) is 3.43. The van der Waals surface area contributed by atoms with Crippen LogP contribution in [0.4, 0.5) is 0 Å². The summed E-state index contributed by atoms with van der Waals surface area (Å²) < 4.78 is 32.9. The Labute approximate surface area is 133 Å². The van der Waals surface area contributed by atoms with E-state index in [1.165, 1.54) is 0 Å². The van der Waals surface area contributed by atoms with E-state index in [0.29, 0.717) is 40.2 Å². The predicted octanol–water partition coefficient (Wildman–Crippen LogP) is 1.83. The highest BCUT2D eigenvalue weighted by Crippen LogP contribution is 2.32. The number of methoxy groups -OCH3 is 1. The van der Waals surface area contributed by atoms with Gasteiger partial charge in [-0.05, 0) is 59.4 Å². The van der Waals surface area contributed by atoms with E-state index in [-0.39, 0.29) is 0 Å². The Morgan fingerprint density at radius 3 is 2.86 bits per heavy atom. The zero-order chi connectivity index (χ0) is 15.0. The minimum absolute atomic E-state index is 0.301. The van der Waals surface area contributed by atoms with Crippen LogP contribution in [0.1, 0.15) is 12.8 Å². The van der Waals surface area contributed by atoms with Crippen molar-refractivity contribution in [1.82, 2.24) is 9.62 Å². The molecule has 0 spiro atoms. The number of nitrogens with zero attached hydrogens (tertiary/aromatic N) is 1. The van der Waals surface area contributed by atoms with Gasteiger partial charge in [0, 0.05) is 19.1 Å².